The molecule has 0 amide bonds. The number of fused-ring (bicyclic) bond motifs is 10. The first-order valence-electron chi connectivity index (χ1n) is 18.0. The lowest BCUT2D eigenvalue weighted by Crippen LogP contribution is -2.61. The molecule has 8 aromatic carbocycles. The minimum absolute atomic E-state index is 0.108. The number of aryl methyl sites for hydroxylation is 1. The Bertz CT molecular complexity index is 2600. The second-order valence-electron chi connectivity index (χ2n) is 14.0. The zero-order chi connectivity index (χ0) is 33.5. The van der Waals surface area contributed by atoms with E-state index >= 15 is 0 Å². The van der Waals surface area contributed by atoms with Gasteiger partial charge in [0.2, 0.25) is 0 Å². The van der Waals surface area contributed by atoms with Gasteiger partial charge in [-0.3, -0.25) is 0 Å². The normalized spacial score (nSPS) is 13.9. The number of hydrogen-bond acceptors (Lipinski definition) is 2. The fraction of sp³-hybridized carbons (Fsp3) is 0.0417. The van der Waals surface area contributed by atoms with Crippen molar-refractivity contribution in [3.05, 3.63) is 181 Å². The third-order valence-electron chi connectivity index (χ3n) is 11.3. The average Bonchev–Trinajstić information content (AvgIpc) is 3.21. The average molecular weight is 649 g/mol. The van der Waals surface area contributed by atoms with Crippen molar-refractivity contribution in [1.82, 2.24) is 0 Å². The Morgan fingerprint density at radius 1 is 0.431 bits per heavy atom. The summed E-state index contributed by atoms with van der Waals surface area (Å²) >= 11 is 0. The molecular weight excluding hydrogens is 615 g/mol. The fourth-order valence-electron chi connectivity index (χ4n) is 9.13. The molecule has 0 bridgehead atoms. The summed E-state index contributed by atoms with van der Waals surface area (Å²) in [4.78, 5) is 4.98. The number of rotatable bonds is 3. The third kappa shape index (κ3) is 4.18. The van der Waals surface area contributed by atoms with Crippen LogP contribution in [0.5, 0.6) is 0 Å². The molecule has 0 saturated heterocycles. The molecule has 0 unspecified atom stereocenters. The molecule has 0 radical (unpaired) electrons. The Balaban J connectivity index is 1.24. The second kappa shape index (κ2) is 11.1. The van der Waals surface area contributed by atoms with Crippen molar-refractivity contribution in [3.63, 3.8) is 0 Å². The van der Waals surface area contributed by atoms with Crippen molar-refractivity contribution in [2.45, 2.75) is 12.8 Å². The van der Waals surface area contributed by atoms with E-state index in [1.165, 1.54) is 82.9 Å². The first-order valence-corrected chi connectivity index (χ1v) is 18.0. The molecule has 0 saturated carbocycles. The molecule has 11 rings (SSSR count). The maximum Gasteiger partial charge on any atom is 0.252 e. The molecule has 2 aliphatic heterocycles. The van der Waals surface area contributed by atoms with Crippen molar-refractivity contribution in [3.8, 4) is 11.1 Å². The second-order valence-corrected chi connectivity index (χ2v) is 14.0. The van der Waals surface area contributed by atoms with Crippen molar-refractivity contribution in [1.29, 1.82) is 0 Å². The molecule has 3 aliphatic rings. The molecule has 0 spiro atoms. The minimum Gasteiger partial charge on any atom is -0.311 e. The molecule has 8 aromatic rings. The summed E-state index contributed by atoms with van der Waals surface area (Å²) in [6.45, 7) is 0.108. The van der Waals surface area contributed by atoms with Crippen LogP contribution >= 0.6 is 0 Å². The Morgan fingerprint density at radius 2 is 0.980 bits per heavy atom. The lowest BCUT2D eigenvalue weighted by Gasteiger charge is -2.44. The predicted octanol–water partition coefficient (Wildman–Crippen LogP) is 10.7. The molecule has 0 N–H and O–H groups in total. The van der Waals surface area contributed by atoms with Crippen molar-refractivity contribution >= 4 is 84.8 Å². The summed E-state index contributed by atoms with van der Waals surface area (Å²) in [6, 6.07) is 60.8. The summed E-state index contributed by atoms with van der Waals surface area (Å²) in [5.41, 5.74) is 16.5. The van der Waals surface area contributed by atoms with Gasteiger partial charge >= 0.3 is 0 Å². The Labute approximate surface area is 298 Å². The molecule has 0 aromatic heterocycles. The zero-order valence-electron chi connectivity index (χ0n) is 28.1. The summed E-state index contributed by atoms with van der Waals surface area (Å²) in [5.74, 6) is 0. The first-order chi connectivity index (χ1) is 25.3. The predicted molar refractivity (Wildman–Crippen MR) is 218 cm³/mol. The lowest BCUT2D eigenvalue weighted by atomic mass is 9.33. The van der Waals surface area contributed by atoms with E-state index in [0.29, 0.717) is 0 Å². The van der Waals surface area contributed by atoms with E-state index in [1.54, 1.807) is 0 Å². The van der Waals surface area contributed by atoms with Gasteiger partial charge in [0.15, 0.2) is 0 Å². The number of allylic oxidation sites excluding steroid dienone is 1. The molecule has 238 valence electrons. The third-order valence-corrected chi connectivity index (χ3v) is 11.3. The minimum atomic E-state index is 0.108. The van der Waals surface area contributed by atoms with Gasteiger partial charge in [0.1, 0.15) is 0 Å². The maximum atomic E-state index is 2.49. The van der Waals surface area contributed by atoms with Crippen molar-refractivity contribution < 1.29 is 0 Å². The highest BCUT2D eigenvalue weighted by Gasteiger charge is 2.43. The highest BCUT2D eigenvalue weighted by Crippen LogP contribution is 2.46. The highest BCUT2D eigenvalue weighted by atomic mass is 15.2. The van der Waals surface area contributed by atoms with Crippen LogP contribution < -0.4 is 26.2 Å². The van der Waals surface area contributed by atoms with Crippen molar-refractivity contribution in [2.24, 2.45) is 0 Å². The largest absolute Gasteiger partial charge is 0.311 e. The summed E-state index contributed by atoms with van der Waals surface area (Å²) in [5, 5.41) is 5.38. The molecule has 0 atom stereocenters. The summed E-state index contributed by atoms with van der Waals surface area (Å²) < 4.78 is 0. The standard InChI is InChI=1S/C48H33BN2/c1-3-15-34(16-4-1)50-44-25-13-11-23-42(44)49-43-24-12-14-26-45(43)51(35-17-5-2-6-18-35)47-31-33(30-46(50)48(47)49)32-27-28-40-38-21-8-7-19-36(38)37-20-9-10-22-39(37)41(40)29-32/h1-8,10-19,21-31H,9,20H2. The van der Waals surface area contributed by atoms with E-state index in [9.17, 15) is 0 Å². The van der Waals surface area contributed by atoms with Crippen LogP contribution in [0.25, 0.3) is 38.7 Å². The monoisotopic (exact) mass is 648 g/mol. The zero-order valence-corrected chi connectivity index (χ0v) is 28.1. The van der Waals surface area contributed by atoms with Crippen LogP contribution in [0.2, 0.25) is 0 Å². The summed E-state index contributed by atoms with van der Waals surface area (Å²) in [7, 11) is 0. The van der Waals surface area contributed by atoms with Crippen LogP contribution in [0.1, 0.15) is 17.5 Å². The van der Waals surface area contributed by atoms with Crippen LogP contribution in [0, 0.1) is 0 Å². The smallest absolute Gasteiger partial charge is 0.252 e. The van der Waals surface area contributed by atoms with Gasteiger partial charge in [-0.2, -0.15) is 0 Å². The molecular formula is C48H33BN2. The van der Waals surface area contributed by atoms with Crippen LogP contribution in [0.3, 0.4) is 0 Å². The van der Waals surface area contributed by atoms with Gasteiger partial charge in [-0.25, -0.2) is 0 Å². The van der Waals surface area contributed by atoms with Gasteiger partial charge in [0, 0.05) is 34.1 Å². The van der Waals surface area contributed by atoms with Crippen LogP contribution in [-0.4, -0.2) is 6.71 Å². The van der Waals surface area contributed by atoms with E-state index in [2.05, 4.69) is 186 Å². The lowest BCUT2D eigenvalue weighted by molar-refractivity contribution is 1.00. The Morgan fingerprint density at radius 3 is 1.63 bits per heavy atom. The number of para-hydroxylation sites is 4. The van der Waals surface area contributed by atoms with E-state index < -0.39 is 0 Å². The maximum absolute atomic E-state index is 2.49. The van der Waals surface area contributed by atoms with E-state index in [4.69, 9.17) is 0 Å². The quantitative estimate of drug-likeness (QED) is 0.139. The van der Waals surface area contributed by atoms with Gasteiger partial charge in [0.25, 0.3) is 6.71 Å². The van der Waals surface area contributed by atoms with Crippen LogP contribution in [0.4, 0.5) is 34.1 Å². The SMILES string of the molecule is C1=Cc2c(c3ccccc3c3ccc(-c4cc5c6c(c4)N(c4ccccc4)c4ccccc4B6c4ccccc4N5c4ccccc4)cc23)CC1. The Hall–Kier alpha value is -6.32. The number of anilines is 6. The number of benzene rings is 8. The van der Waals surface area contributed by atoms with Crippen LogP contribution in [0.15, 0.2) is 170 Å². The van der Waals surface area contributed by atoms with Gasteiger partial charge in [0.05, 0.1) is 0 Å². The molecule has 2 nitrogen and oxygen atoms in total. The fourth-order valence-corrected chi connectivity index (χ4v) is 9.13. The molecule has 0 fully saturated rings. The highest BCUT2D eigenvalue weighted by molar-refractivity contribution is 7.00. The van der Waals surface area contributed by atoms with Crippen molar-refractivity contribution in [2.75, 3.05) is 9.80 Å². The van der Waals surface area contributed by atoms with E-state index in [-0.39, 0.29) is 6.71 Å². The van der Waals surface area contributed by atoms with Crippen LogP contribution in [-0.2, 0) is 6.42 Å². The molecule has 51 heavy (non-hydrogen) atoms. The van der Waals surface area contributed by atoms with Gasteiger partial charge in [-0.15, -0.1) is 0 Å². The van der Waals surface area contributed by atoms with Gasteiger partial charge in [-0.1, -0.05) is 121 Å². The van der Waals surface area contributed by atoms with Gasteiger partial charge < -0.3 is 9.80 Å². The number of hydrogen-bond donors (Lipinski definition) is 0. The topological polar surface area (TPSA) is 6.48 Å². The van der Waals surface area contributed by atoms with Gasteiger partial charge in [-0.05, 0) is 128 Å². The summed E-state index contributed by atoms with van der Waals surface area (Å²) in [6.07, 6.45) is 6.87. The molecule has 2 heterocycles. The Kier molecular flexibility index (Phi) is 6.21. The van der Waals surface area contributed by atoms with E-state index in [0.717, 1.165) is 24.2 Å². The molecule has 3 heteroatoms. The molecule has 1 aliphatic carbocycles. The number of nitrogens with zero attached hydrogens (tertiary/aromatic N) is 2. The van der Waals surface area contributed by atoms with E-state index in [1.807, 2.05) is 0 Å². The first kappa shape index (κ1) is 28.5.